The third-order valence-electron chi connectivity index (χ3n) is 8.59. The van der Waals surface area contributed by atoms with Gasteiger partial charge in [-0.3, -0.25) is 0 Å². The van der Waals surface area contributed by atoms with Crippen LogP contribution in [0, 0.1) is 17.2 Å². The van der Waals surface area contributed by atoms with Gasteiger partial charge in [-0.05, 0) is 91.9 Å². The fourth-order valence-electron chi connectivity index (χ4n) is 6.74. The summed E-state index contributed by atoms with van der Waals surface area (Å²) in [5.74, 6) is 1.14. The standard InChI is InChI=1S/C33H49N7O5/c1-19(2)27-28(30(41)44-32(3,4)5)38-40-26(16-25(37-29(27)40)35-18-20-11-12-43-24(13-20)17-34)36-21-14-22-9-10-23(15-21)39(22)31(42)45-33(6,7)8/h16,19-24,36H,9-15,18H2,1-8H3,(H,35,37). The predicted molar refractivity (Wildman–Crippen MR) is 170 cm³/mol. The maximum Gasteiger partial charge on any atom is 0.410 e. The summed E-state index contributed by atoms with van der Waals surface area (Å²) in [5.41, 5.74) is 0.363. The van der Waals surface area contributed by atoms with E-state index in [0.29, 0.717) is 31.0 Å². The van der Waals surface area contributed by atoms with E-state index in [0.717, 1.165) is 43.5 Å². The van der Waals surface area contributed by atoms with Crippen LogP contribution in [0.25, 0.3) is 5.65 Å². The lowest BCUT2D eigenvalue weighted by Crippen LogP contribution is -2.51. The number of hydrogen-bond donors (Lipinski definition) is 2. The van der Waals surface area contributed by atoms with Crippen LogP contribution in [0.4, 0.5) is 16.4 Å². The van der Waals surface area contributed by atoms with Gasteiger partial charge in [0.15, 0.2) is 11.3 Å². The highest BCUT2D eigenvalue weighted by molar-refractivity contribution is 5.92. The number of esters is 1. The van der Waals surface area contributed by atoms with Gasteiger partial charge >= 0.3 is 12.1 Å². The van der Waals surface area contributed by atoms with Gasteiger partial charge in [-0.1, -0.05) is 13.8 Å². The molecule has 45 heavy (non-hydrogen) atoms. The molecule has 3 aliphatic rings. The van der Waals surface area contributed by atoms with E-state index in [-0.39, 0.29) is 47.9 Å². The van der Waals surface area contributed by atoms with Crippen molar-refractivity contribution in [3.05, 3.63) is 17.3 Å². The van der Waals surface area contributed by atoms with E-state index in [2.05, 4.69) is 16.7 Å². The number of nitrogens with zero attached hydrogens (tertiary/aromatic N) is 5. The van der Waals surface area contributed by atoms with Crippen molar-refractivity contribution < 1.29 is 23.8 Å². The Kier molecular flexibility index (Phi) is 9.23. The molecule has 0 aliphatic carbocycles. The number of carbonyl (C=O) groups excluding carboxylic acids is 2. The molecule has 2 N–H and O–H groups in total. The Bertz CT molecular complexity index is 1440. The van der Waals surface area contributed by atoms with Crippen LogP contribution in [0.15, 0.2) is 6.07 Å². The molecule has 0 saturated carbocycles. The Labute approximate surface area is 266 Å². The number of hydrogen-bond acceptors (Lipinski definition) is 10. The molecule has 12 heteroatoms. The molecule has 4 atom stereocenters. The monoisotopic (exact) mass is 623 g/mol. The summed E-state index contributed by atoms with van der Waals surface area (Å²) in [6, 6.07) is 4.44. The van der Waals surface area contributed by atoms with Crippen molar-refractivity contribution in [2.45, 2.75) is 135 Å². The van der Waals surface area contributed by atoms with Gasteiger partial charge in [-0.2, -0.15) is 14.9 Å². The highest BCUT2D eigenvalue weighted by atomic mass is 16.6. The van der Waals surface area contributed by atoms with Crippen LogP contribution in [0.2, 0.25) is 0 Å². The van der Waals surface area contributed by atoms with Crippen LogP contribution in [0.1, 0.15) is 116 Å². The Balaban J connectivity index is 1.45. The van der Waals surface area contributed by atoms with Gasteiger partial charge in [0, 0.05) is 42.9 Å². The average Bonchev–Trinajstić information content (AvgIpc) is 3.46. The zero-order chi connectivity index (χ0) is 32.7. The lowest BCUT2D eigenvalue weighted by atomic mass is 9.96. The highest BCUT2D eigenvalue weighted by Crippen LogP contribution is 2.38. The minimum atomic E-state index is -0.672. The van der Waals surface area contributed by atoms with E-state index in [1.165, 1.54) is 0 Å². The third-order valence-corrected chi connectivity index (χ3v) is 8.59. The summed E-state index contributed by atoms with van der Waals surface area (Å²) >= 11 is 0. The first-order chi connectivity index (χ1) is 21.1. The molecule has 5 rings (SSSR count). The van der Waals surface area contributed by atoms with Gasteiger partial charge < -0.3 is 29.7 Å². The van der Waals surface area contributed by atoms with Crippen LogP contribution in [-0.4, -0.2) is 80.1 Å². The number of amides is 1. The summed E-state index contributed by atoms with van der Waals surface area (Å²) in [4.78, 5) is 33.3. The lowest BCUT2D eigenvalue weighted by Gasteiger charge is -2.40. The summed E-state index contributed by atoms with van der Waals surface area (Å²) in [5, 5.41) is 21.4. The first kappa shape index (κ1) is 32.8. The second kappa shape index (κ2) is 12.7. The number of anilines is 2. The molecule has 1 amide bonds. The summed E-state index contributed by atoms with van der Waals surface area (Å²) in [7, 11) is 0. The molecular formula is C33H49N7O5. The summed E-state index contributed by atoms with van der Waals surface area (Å²) in [6.07, 6.45) is 4.34. The number of carbonyl (C=O) groups is 2. The lowest BCUT2D eigenvalue weighted by molar-refractivity contribution is 0.00529. The van der Waals surface area contributed by atoms with Crippen molar-refractivity contribution in [3.63, 3.8) is 0 Å². The van der Waals surface area contributed by atoms with Crippen molar-refractivity contribution in [1.82, 2.24) is 19.5 Å². The number of aromatic nitrogens is 3. The minimum Gasteiger partial charge on any atom is -0.455 e. The van der Waals surface area contributed by atoms with E-state index in [1.54, 1.807) is 4.52 Å². The number of ether oxygens (including phenoxy) is 3. The number of nitrogens with one attached hydrogen (secondary N) is 2. The topological polar surface area (TPSA) is 143 Å². The molecule has 5 heterocycles. The SMILES string of the molecule is CC(C)c1c(C(=O)OC(C)(C)C)nn2c(NC3CC4CCC(C3)N4C(=O)OC(C)(C)C)cc(NCC3CCOC(C#N)C3)nc12. The third kappa shape index (κ3) is 7.63. The van der Waals surface area contributed by atoms with Crippen LogP contribution >= 0.6 is 0 Å². The Hall–Kier alpha value is -3.59. The molecule has 3 aliphatic heterocycles. The molecule has 246 valence electrons. The van der Waals surface area contributed by atoms with E-state index >= 15 is 0 Å². The van der Waals surface area contributed by atoms with E-state index in [4.69, 9.17) is 24.3 Å². The van der Waals surface area contributed by atoms with Crippen LogP contribution in [0.5, 0.6) is 0 Å². The number of nitriles is 1. The molecular weight excluding hydrogens is 574 g/mol. The maximum absolute atomic E-state index is 13.4. The van der Waals surface area contributed by atoms with Gasteiger partial charge in [-0.25, -0.2) is 14.6 Å². The zero-order valence-electron chi connectivity index (χ0n) is 28.0. The van der Waals surface area contributed by atoms with Crippen LogP contribution in [0.3, 0.4) is 0 Å². The molecule has 2 bridgehead atoms. The Morgan fingerprint density at radius 1 is 1.07 bits per heavy atom. The smallest absolute Gasteiger partial charge is 0.410 e. The minimum absolute atomic E-state index is 0.0413. The van der Waals surface area contributed by atoms with Gasteiger partial charge in [0.05, 0.1) is 6.07 Å². The van der Waals surface area contributed by atoms with E-state index < -0.39 is 17.2 Å². The van der Waals surface area contributed by atoms with Crippen molar-refractivity contribution in [2.75, 3.05) is 23.8 Å². The molecule has 3 saturated heterocycles. The largest absolute Gasteiger partial charge is 0.455 e. The van der Waals surface area contributed by atoms with Gasteiger partial charge in [0.2, 0.25) is 0 Å². The first-order valence-corrected chi connectivity index (χ1v) is 16.3. The van der Waals surface area contributed by atoms with Gasteiger partial charge in [0.1, 0.15) is 28.9 Å². The normalized spacial score (nSPS) is 25.2. The van der Waals surface area contributed by atoms with Crippen molar-refractivity contribution in [1.29, 1.82) is 5.26 Å². The molecule has 4 unspecified atom stereocenters. The maximum atomic E-state index is 13.4. The molecule has 0 radical (unpaired) electrons. The second-order valence-corrected chi connectivity index (χ2v) is 15.0. The molecule has 0 aromatic carbocycles. The number of piperidine rings is 1. The quantitative estimate of drug-likeness (QED) is 0.359. The van der Waals surface area contributed by atoms with Crippen molar-refractivity contribution in [2.24, 2.45) is 5.92 Å². The van der Waals surface area contributed by atoms with Crippen LogP contribution in [-0.2, 0) is 14.2 Å². The van der Waals surface area contributed by atoms with Gasteiger partial charge in [-0.15, -0.1) is 0 Å². The first-order valence-electron chi connectivity index (χ1n) is 16.3. The number of rotatable bonds is 7. The summed E-state index contributed by atoms with van der Waals surface area (Å²) < 4.78 is 18.8. The molecule has 0 spiro atoms. The predicted octanol–water partition coefficient (Wildman–Crippen LogP) is 5.88. The fraction of sp³-hybridized carbons (Fsp3) is 0.727. The van der Waals surface area contributed by atoms with E-state index in [1.807, 2.05) is 66.4 Å². The van der Waals surface area contributed by atoms with E-state index in [9.17, 15) is 14.9 Å². The Morgan fingerprint density at radius 2 is 1.73 bits per heavy atom. The van der Waals surface area contributed by atoms with Gasteiger partial charge in [0.25, 0.3) is 0 Å². The number of fused-ring (bicyclic) bond motifs is 3. The molecule has 2 aromatic heterocycles. The van der Waals surface area contributed by atoms with Crippen molar-refractivity contribution in [3.8, 4) is 6.07 Å². The zero-order valence-corrected chi connectivity index (χ0v) is 28.0. The molecule has 2 aromatic rings. The fourth-order valence-corrected chi connectivity index (χ4v) is 6.74. The van der Waals surface area contributed by atoms with Crippen LogP contribution < -0.4 is 10.6 Å². The Morgan fingerprint density at radius 3 is 2.33 bits per heavy atom. The highest BCUT2D eigenvalue weighted by Gasteiger charge is 2.45. The summed E-state index contributed by atoms with van der Waals surface area (Å²) in [6.45, 7) is 16.5. The second-order valence-electron chi connectivity index (χ2n) is 15.0. The van der Waals surface area contributed by atoms with Crippen molar-refractivity contribution >= 4 is 29.3 Å². The average molecular weight is 624 g/mol. The molecule has 12 nitrogen and oxygen atoms in total. The molecule has 3 fully saturated rings.